The highest BCUT2D eigenvalue weighted by Gasteiger charge is 2.31. The fraction of sp³-hybridized carbons (Fsp3) is 0.545. The maximum atomic E-state index is 12.2. The van der Waals surface area contributed by atoms with Gasteiger partial charge in [-0.25, -0.2) is 4.98 Å². The standard InChI is InChI=1S/C22H28ClN5OS/c1-14(11-27-12-16(23)10-24-27)22-25-21-18-5-4-15(2)26(3)19(18)6-7-20(21)28(22)17-8-9-30(29)13-17/h6-7,10,12,14-15,17H,4-5,8-9,11,13H2,1-3H3. The van der Waals surface area contributed by atoms with Crippen molar-refractivity contribution in [3.05, 3.63) is 40.9 Å². The zero-order valence-corrected chi connectivity index (χ0v) is 19.3. The van der Waals surface area contributed by atoms with E-state index in [0.717, 1.165) is 36.4 Å². The number of aromatic nitrogens is 4. The lowest BCUT2D eigenvalue weighted by atomic mass is 9.96. The summed E-state index contributed by atoms with van der Waals surface area (Å²) in [6, 6.07) is 5.25. The molecule has 30 heavy (non-hydrogen) atoms. The number of rotatable bonds is 4. The van der Waals surface area contributed by atoms with Gasteiger partial charge in [-0.1, -0.05) is 18.5 Å². The van der Waals surface area contributed by atoms with E-state index in [9.17, 15) is 4.21 Å². The molecule has 6 nitrogen and oxygen atoms in total. The second-order valence-electron chi connectivity index (χ2n) is 8.80. The summed E-state index contributed by atoms with van der Waals surface area (Å²) in [7, 11) is 1.44. The van der Waals surface area contributed by atoms with E-state index in [-0.39, 0.29) is 12.0 Å². The van der Waals surface area contributed by atoms with E-state index in [1.165, 1.54) is 16.8 Å². The van der Waals surface area contributed by atoms with Crippen LogP contribution in [0.5, 0.6) is 0 Å². The molecule has 0 aliphatic carbocycles. The molecule has 2 aliphatic heterocycles. The molecule has 2 aliphatic rings. The summed E-state index contributed by atoms with van der Waals surface area (Å²) >= 11 is 6.07. The molecule has 1 saturated heterocycles. The fourth-order valence-corrected chi connectivity index (χ4v) is 6.57. The average Bonchev–Trinajstić information content (AvgIpc) is 3.42. The lowest BCUT2D eigenvalue weighted by Crippen LogP contribution is -2.33. The van der Waals surface area contributed by atoms with Crippen molar-refractivity contribution in [3.63, 3.8) is 0 Å². The van der Waals surface area contributed by atoms with E-state index in [1.807, 2.05) is 10.9 Å². The van der Waals surface area contributed by atoms with Crippen molar-refractivity contribution in [1.82, 2.24) is 19.3 Å². The van der Waals surface area contributed by atoms with Gasteiger partial charge in [0.1, 0.15) is 5.82 Å². The topological polar surface area (TPSA) is 56.0 Å². The van der Waals surface area contributed by atoms with Gasteiger partial charge in [-0.2, -0.15) is 5.10 Å². The smallest absolute Gasteiger partial charge is 0.114 e. The number of aryl methyl sites for hydroxylation is 1. The van der Waals surface area contributed by atoms with Crippen molar-refractivity contribution in [2.24, 2.45) is 0 Å². The predicted molar refractivity (Wildman–Crippen MR) is 123 cm³/mol. The average molecular weight is 446 g/mol. The number of nitrogens with zero attached hydrogens (tertiary/aromatic N) is 5. The van der Waals surface area contributed by atoms with Crippen LogP contribution >= 0.6 is 11.6 Å². The normalized spacial score (nSPS) is 25.1. The molecule has 4 heterocycles. The summed E-state index contributed by atoms with van der Waals surface area (Å²) < 4.78 is 16.5. The van der Waals surface area contributed by atoms with E-state index >= 15 is 0 Å². The Balaban J connectivity index is 1.63. The van der Waals surface area contributed by atoms with Crippen LogP contribution in [0.3, 0.4) is 0 Å². The van der Waals surface area contributed by atoms with Crippen molar-refractivity contribution in [1.29, 1.82) is 0 Å². The lowest BCUT2D eigenvalue weighted by molar-refractivity contribution is 0.475. The molecule has 0 bridgehead atoms. The number of hydrogen-bond donors (Lipinski definition) is 0. The van der Waals surface area contributed by atoms with E-state index in [2.05, 4.69) is 47.6 Å². The van der Waals surface area contributed by atoms with E-state index in [1.54, 1.807) is 6.20 Å². The Morgan fingerprint density at radius 3 is 2.87 bits per heavy atom. The summed E-state index contributed by atoms with van der Waals surface area (Å²) in [5.74, 6) is 2.72. The van der Waals surface area contributed by atoms with Crippen molar-refractivity contribution in [2.45, 2.75) is 57.7 Å². The Kier molecular flexibility index (Phi) is 5.14. The minimum atomic E-state index is -0.741. The van der Waals surface area contributed by atoms with Crippen molar-refractivity contribution in [3.8, 4) is 0 Å². The third-order valence-corrected chi connectivity index (χ3v) is 8.39. The summed E-state index contributed by atoms with van der Waals surface area (Å²) in [6.45, 7) is 5.19. The van der Waals surface area contributed by atoms with Gasteiger partial charge in [-0.05, 0) is 38.3 Å². The molecule has 4 unspecified atom stereocenters. The lowest BCUT2D eigenvalue weighted by Gasteiger charge is -2.34. The SMILES string of the molecule is CC(Cn1cc(Cl)cn1)c1nc2c3c(ccc2n1C1CCS(=O)C1)N(C)C(C)CC3. The van der Waals surface area contributed by atoms with Crippen LogP contribution in [-0.2, 0) is 23.8 Å². The number of benzene rings is 1. The molecule has 1 aromatic carbocycles. The third kappa shape index (κ3) is 3.36. The van der Waals surface area contributed by atoms with Crippen molar-refractivity contribution < 1.29 is 4.21 Å². The van der Waals surface area contributed by atoms with Crippen LogP contribution in [0.2, 0.25) is 5.02 Å². The second kappa shape index (κ2) is 7.68. The molecule has 0 spiro atoms. The van der Waals surface area contributed by atoms with Crippen LogP contribution in [0.1, 0.15) is 50.0 Å². The molecule has 4 atom stereocenters. The first-order valence-electron chi connectivity index (χ1n) is 10.7. The number of fused-ring (bicyclic) bond motifs is 3. The number of hydrogen-bond acceptors (Lipinski definition) is 4. The molecular weight excluding hydrogens is 418 g/mol. The Bertz CT molecular complexity index is 1120. The Morgan fingerprint density at radius 2 is 2.17 bits per heavy atom. The Morgan fingerprint density at radius 1 is 1.33 bits per heavy atom. The van der Waals surface area contributed by atoms with Crippen LogP contribution in [0, 0.1) is 0 Å². The maximum absolute atomic E-state index is 12.2. The molecule has 0 N–H and O–H groups in total. The fourth-order valence-electron chi connectivity index (χ4n) is 4.97. The van der Waals surface area contributed by atoms with Crippen LogP contribution in [-0.4, -0.2) is 48.1 Å². The molecule has 8 heteroatoms. The van der Waals surface area contributed by atoms with Crippen molar-refractivity contribution >= 4 is 39.1 Å². The number of halogens is 1. The zero-order chi connectivity index (χ0) is 21.0. The summed E-state index contributed by atoms with van der Waals surface area (Å²) in [5.41, 5.74) is 4.94. The van der Waals surface area contributed by atoms with Crippen LogP contribution in [0.4, 0.5) is 5.69 Å². The summed E-state index contributed by atoms with van der Waals surface area (Å²) in [5, 5.41) is 5.00. The van der Waals surface area contributed by atoms with E-state index in [0.29, 0.717) is 23.4 Å². The Hall–Kier alpha value is -1.86. The molecule has 3 aromatic rings. The van der Waals surface area contributed by atoms with Gasteiger partial charge >= 0.3 is 0 Å². The van der Waals surface area contributed by atoms with Gasteiger partial charge in [0.2, 0.25) is 0 Å². The largest absolute Gasteiger partial charge is 0.372 e. The highest BCUT2D eigenvalue weighted by Crippen LogP contribution is 2.38. The molecule has 2 aromatic heterocycles. The van der Waals surface area contributed by atoms with Gasteiger partial charge in [-0.3, -0.25) is 8.89 Å². The Labute approximate surface area is 184 Å². The molecule has 0 amide bonds. The zero-order valence-electron chi connectivity index (χ0n) is 17.7. The molecular formula is C22H28ClN5OS. The maximum Gasteiger partial charge on any atom is 0.114 e. The van der Waals surface area contributed by atoms with Gasteiger partial charge in [-0.15, -0.1) is 0 Å². The molecule has 1 fully saturated rings. The van der Waals surface area contributed by atoms with Gasteiger partial charge in [0.25, 0.3) is 0 Å². The first-order valence-corrected chi connectivity index (χ1v) is 12.6. The van der Waals surface area contributed by atoms with Crippen LogP contribution in [0.15, 0.2) is 24.5 Å². The number of imidazole rings is 1. The van der Waals surface area contributed by atoms with E-state index < -0.39 is 10.8 Å². The number of anilines is 1. The minimum Gasteiger partial charge on any atom is -0.372 e. The molecule has 5 rings (SSSR count). The van der Waals surface area contributed by atoms with Gasteiger partial charge < -0.3 is 9.47 Å². The first-order chi connectivity index (χ1) is 14.4. The minimum absolute atomic E-state index is 0.165. The van der Waals surface area contributed by atoms with Crippen molar-refractivity contribution in [2.75, 3.05) is 23.5 Å². The molecule has 0 saturated carbocycles. The molecule has 160 valence electrons. The predicted octanol–water partition coefficient (Wildman–Crippen LogP) is 4.15. The van der Waals surface area contributed by atoms with Gasteiger partial charge in [0, 0.05) is 64.8 Å². The highest BCUT2D eigenvalue weighted by molar-refractivity contribution is 7.85. The monoisotopic (exact) mass is 445 g/mol. The first kappa shape index (κ1) is 20.1. The van der Waals surface area contributed by atoms with Gasteiger partial charge in [0.05, 0.1) is 28.8 Å². The van der Waals surface area contributed by atoms with Gasteiger partial charge in [0.15, 0.2) is 0 Å². The van der Waals surface area contributed by atoms with E-state index in [4.69, 9.17) is 16.6 Å². The summed E-state index contributed by atoms with van der Waals surface area (Å²) in [4.78, 5) is 7.59. The third-order valence-electron chi connectivity index (χ3n) is 6.75. The summed E-state index contributed by atoms with van der Waals surface area (Å²) in [6.07, 6.45) is 6.66. The van der Waals surface area contributed by atoms with Crippen LogP contribution < -0.4 is 4.90 Å². The molecule has 0 radical (unpaired) electrons. The highest BCUT2D eigenvalue weighted by atomic mass is 35.5. The van der Waals surface area contributed by atoms with Crippen LogP contribution in [0.25, 0.3) is 11.0 Å². The quantitative estimate of drug-likeness (QED) is 0.605. The second-order valence-corrected chi connectivity index (χ2v) is 10.9.